The third-order valence-corrected chi connectivity index (χ3v) is 2.76. The average Bonchev–Trinajstić information content (AvgIpc) is 2.37. The van der Waals surface area contributed by atoms with Crippen LogP contribution < -0.4 is 0 Å². The molecule has 0 saturated heterocycles. The van der Waals surface area contributed by atoms with Gasteiger partial charge in [-0.05, 0) is 37.0 Å². The molecule has 0 heterocycles. The summed E-state index contributed by atoms with van der Waals surface area (Å²) in [6.07, 6.45) is 0. The first kappa shape index (κ1) is 12.6. The van der Waals surface area contributed by atoms with Gasteiger partial charge >= 0.3 is 5.97 Å². The molecule has 18 heavy (non-hydrogen) atoms. The molecule has 94 valence electrons. The minimum absolute atomic E-state index is 0.261. The lowest BCUT2D eigenvalue weighted by molar-refractivity contribution is 0.0482. The van der Waals surface area contributed by atoms with Gasteiger partial charge in [0.25, 0.3) is 0 Å². The average molecular weight is 243 g/mol. The first-order valence-electron chi connectivity index (χ1n) is 5.97. The Bertz CT molecular complexity index is 549. The molecule has 0 aliphatic carbocycles. The fourth-order valence-corrected chi connectivity index (χ4v) is 1.72. The molecular weight excluding hydrogens is 226 g/mol. The Morgan fingerprint density at radius 2 is 1.83 bits per heavy atom. The second kappa shape index (κ2) is 5.65. The van der Waals surface area contributed by atoms with Crippen molar-refractivity contribution < 1.29 is 9.53 Å². The molecule has 0 saturated carbocycles. The van der Waals surface area contributed by atoms with Gasteiger partial charge in [-0.3, -0.25) is 0 Å². The van der Waals surface area contributed by atoms with Crippen LogP contribution in [0, 0.1) is 0 Å². The van der Waals surface area contributed by atoms with Gasteiger partial charge in [0, 0.05) is 6.54 Å². The summed E-state index contributed by atoms with van der Waals surface area (Å²) in [6.45, 7) is 1.15. The van der Waals surface area contributed by atoms with Crippen LogP contribution in [0.15, 0.2) is 42.5 Å². The number of rotatable bonds is 4. The maximum Gasteiger partial charge on any atom is 0.338 e. The number of ether oxygens (including phenoxy) is 1. The van der Waals surface area contributed by atoms with Crippen molar-refractivity contribution in [1.29, 1.82) is 0 Å². The Labute approximate surface area is 107 Å². The third-order valence-electron chi connectivity index (χ3n) is 2.76. The lowest BCUT2D eigenvalue weighted by Crippen LogP contribution is -2.20. The van der Waals surface area contributed by atoms with Gasteiger partial charge in [0.05, 0.1) is 5.56 Å². The van der Waals surface area contributed by atoms with Crippen LogP contribution in [0.3, 0.4) is 0 Å². The highest BCUT2D eigenvalue weighted by Gasteiger charge is 2.07. The Hall–Kier alpha value is -1.87. The van der Waals surface area contributed by atoms with Gasteiger partial charge < -0.3 is 9.64 Å². The monoisotopic (exact) mass is 243 g/mol. The third kappa shape index (κ3) is 3.08. The molecular formula is C15H17NO2. The summed E-state index contributed by atoms with van der Waals surface area (Å²) in [7, 11) is 3.90. The summed E-state index contributed by atoms with van der Waals surface area (Å²) in [5.74, 6) is -0.261. The van der Waals surface area contributed by atoms with Crippen molar-refractivity contribution in [3.05, 3.63) is 48.0 Å². The number of fused-ring (bicyclic) bond motifs is 1. The van der Waals surface area contributed by atoms with Crippen molar-refractivity contribution in [3.8, 4) is 0 Å². The summed E-state index contributed by atoms with van der Waals surface area (Å²) >= 11 is 0. The molecule has 0 atom stereocenters. The van der Waals surface area contributed by atoms with Crippen LogP contribution in [0.4, 0.5) is 0 Å². The minimum atomic E-state index is -0.261. The highest BCUT2D eigenvalue weighted by atomic mass is 16.5. The first-order chi connectivity index (χ1) is 8.66. The summed E-state index contributed by atoms with van der Waals surface area (Å²) in [5, 5.41) is 2.18. The van der Waals surface area contributed by atoms with E-state index >= 15 is 0 Å². The zero-order valence-electron chi connectivity index (χ0n) is 10.7. The molecule has 3 heteroatoms. The summed E-state index contributed by atoms with van der Waals surface area (Å²) in [4.78, 5) is 13.8. The topological polar surface area (TPSA) is 29.5 Å². The van der Waals surface area contributed by atoms with Crippen LogP contribution in [0.25, 0.3) is 10.8 Å². The van der Waals surface area contributed by atoms with E-state index in [9.17, 15) is 4.79 Å². The van der Waals surface area contributed by atoms with Crippen LogP contribution >= 0.6 is 0 Å². The molecule has 0 aliphatic rings. The van der Waals surface area contributed by atoms with E-state index in [2.05, 4.69) is 0 Å². The molecule has 2 aromatic carbocycles. The Kier molecular flexibility index (Phi) is 3.95. The Morgan fingerprint density at radius 1 is 1.11 bits per heavy atom. The van der Waals surface area contributed by atoms with Crippen molar-refractivity contribution in [2.45, 2.75) is 0 Å². The molecule has 0 radical (unpaired) electrons. The van der Waals surface area contributed by atoms with Crippen LogP contribution in [-0.4, -0.2) is 38.1 Å². The zero-order valence-corrected chi connectivity index (χ0v) is 10.7. The van der Waals surface area contributed by atoms with Crippen LogP contribution in [0.2, 0.25) is 0 Å². The summed E-state index contributed by atoms with van der Waals surface area (Å²) in [5.41, 5.74) is 0.604. The van der Waals surface area contributed by atoms with Crippen molar-refractivity contribution >= 4 is 16.7 Å². The molecule has 0 unspecified atom stereocenters. The second-order valence-corrected chi connectivity index (χ2v) is 4.50. The highest BCUT2D eigenvalue weighted by molar-refractivity contribution is 5.95. The van der Waals surface area contributed by atoms with Crippen LogP contribution in [0.5, 0.6) is 0 Å². The number of nitrogens with zero attached hydrogens (tertiary/aromatic N) is 1. The van der Waals surface area contributed by atoms with E-state index in [4.69, 9.17) is 4.74 Å². The van der Waals surface area contributed by atoms with E-state index in [0.717, 1.165) is 17.3 Å². The zero-order chi connectivity index (χ0) is 13.0. The quantitative estimate of drug-likeness (QED) is 0.773. The molecule has 0 aliphatic heterocycles. The lowest BCUT2D eigenvalue weighted by atomic mass is 10.1. The summed E-state index contributed by atoms with van der Waals surface area (Å²) in [6, 6.07) is 13.6. The van der Waals surface area contributed by atoms with E-state index in [-0.39, 0.29) is 5.97 Å². The maximum atomic E-state index is 11.8. The minimum Gasteiger partial charge on any atom is -0.461 e. The Morgan fingerprint density at radius 3 is 2.56 bits per heavy atom. The van der Waals surface area contributed by atoms with Crippen molar-refractivity contribution in [2.24, 2.45) is 0 Å². The van der Waals surface area contributed by atoms with E-state index in [1.54, 1.807) is 6.07 Å². The SMILES string of the molecule is CN(C)CCOC(=O)c1ccc2ccccc2c1. The van der Waals surface area contributed by atoms with Gasteiger partial charge in [-0.25, -0.2) is 4.79 Å². The molecule has 2 rings (SSSR count). The predicted molar refractivity (Wildman–Crippen MR) is 72.8 cm³/mol. The predicted octanol–water partition coefficient (Wildman–Crippen LogP) is 2.56. The standard InChI is InChI=1S/C15H17NO2/c1-16(2)9-10-18-15(17)14-8-7-12-5-3-4-6-13(12)11-14/h3-8,11H,9-10H2,1-2H3. The molecule has 0 bridgehead atoms. The molecule has 3 nitrogen and oxygen atoms in total. The van der Waals surface area contributed by atoms with E-state index < -0.39 is 0 Å². The van der Waals surface area contributed by atoms with Gasteiger partial charge in [0.1, 0.15) is 6.61 Å². The second-order valence-electron chi connectivity index (χ2n) is 4.50. The van der Waals surface area contributed by atoms with E-state index in [1.807, 2.05) is 55.4 Å². The molecule has 0 fully saturated rings. The molecule has 0 N–H and O–H groups in total. The number of likely N-dealkylation sites (N-methyl/N-ethyl adjacent to an activating group) is 1. The Balaban J connectivity index is 2.08. The van der Waals surface area contributed by atoms with Gasteiger partial charge in [-0.1, -0.05) is 30.3 Å². The number of esters is 1. The van der Waals surface area contributed by atoms with Crippen LogP contribution in [-0.2, 0) is 4.74 Å². The van der Waals surface area contributed by atoms with Gasteiger partial charge in [-0.15, -0.1) is 0 Å². The molecule has 0 amide bonds. The van der Waals surface area contributed by atoms with Gasteiger partial charge in [-0.2, -0.15) is 0 Å². The molecule has 0 spiro atoms. The van der Waals surface area contributed by atoms with Gasteiger partial charge in [0.15, 0.2) is 0 Å². The number of benzene rings is 2. The number of hydrogen-bond acceptors (Lipinski definition) is 3. The number of carbonyl (C=O) groups is 1. The normalized spacial score (nSPS) is 10.8. The smallest absolute Gasteiger partial charge is 0.338 e. The lowest BCUT2D eigenvalue weighted by Gasteiger charge is -2.10. The van der Waals surface area contributed by atoms with E-state index in [1.165, 1.54) is 0 Å². The van der Waals surface area contributed by atoms with Gasteiger partial charge in [0.2, 0.25) is 0 Å². The maximum absolute atomic E-state index is 11.8. The largest absolute Gasteiger partial charge is 0.461 e. The van der Waals surface area contributed by atoms with Crippen molar-refractivity contribution in [3.63, 3.8) is 0 Å². The number of carbonyl (C=O) groups excluding carboxylic acids is 1. The first-order valence-corrected chi connectivity index (χ1v) is 5.97. The van der Waals surface area contributed by atoms with E-state index in [0.29, 0.717) is 12.2 Å². The van der Waals surface area contributed by atoms with Crippen LogP contribution in [0.1, 0.15) is 10.4 Å². The highest BCUT2D eigenvalue weighted by Crippen LogP contribution is 2.16. The molecule has 2 aromatic rings. The number of hydrogen-bond donors (Lipinski definition) is 0. The summed E-state index contributed by atoms with van der Waals surface area (Å²) < 4.78 is 5.21. The van der Waals surface area contributed by atoms with Crippen molar-refractivity contribution in [2.75, 3.05) is 27.2 Å². The fraction of sp³-hybridized carbons (Fsp3) is 0.267. The fourth-order valence-electron chi connectivity index (χ4n) is 1.72. The molecule has 0 aromatic heterocycles. The van der Waals surface area contributed by atoms with Crippen molar-refractivity contribution in [1.82, 2.24) is 4.90 Å².